The lowest BCUT2D eigenvalue weighted by atomic mass is 10.1. The lowest BCUT2D eigenvalue weighted by Gasteiger charge is -2.11. The molecule has 3 aromatic heterocycles. The normalized spacial score (nSPS) is 13.0. The van der Waals surface area contributed by atoms with E-state index in [0.29, 0.717) is 41.9 Å². The van der Waals surface area contributed by atoms with Crippen LogP contribution < -0.4 is 14.4 Å². The number of hydrogen-bond acceptors (Lipinski definition) is 7. The second-order valence-electron chi connectivity index (χ2n) is 6.06. The molecule has 138 valence electrons. The van der Waals surface area contributed by atoms with Crippen molar-refractivity contribution in [3.63, 3.8) is 0 Å². The van der Waals surface area contributed by atoms with Gasteiger partial charge in [-0.15, -0.1) is 0 Å². The lowest BCUT2D eigenvalue weighted by molar-refractivity contribution is 0.0994. The molecule has 0 aromatic carbocycles. The van der Waals surface area contributed by atoms with E-state index in [1.54, 1.807) is 24.3 Å². The van der Waals surface area contributed by atoms with E-state index in [9.17, 15) is 4.79 Å². The van der Waals surface area contributed by atoms with Gasteiger partial charge in [-0.25, -0.2) is 4.98 Å². The Kier molecular flexibility index (Phi) is 4.23. The number of carbonyl (C=O) groups excluding carboxylic acids is 1. The van der Waals surface area contributed by atoms with Crippen LogP contribution in [0.5, 0.6) is 11.6 Å². The van der Waals surface area contributed by atoms with Crippen molar-refractivity contribution < 1.29 is 18.8 Å². The number of rotatable bonds is 5. The first-order chi connectivity index (χ1) is 13.1. The lowest BCUT2D eigenvalue weighted by Crippen LogP contribution is -2.23. The Morgan fingerprint density at radius 2 is 2.19 bits per heavy atom. The predicted molar refractivity (Wildman–Crippen MR) is 96.9 cm³/mol. The van der Waals surface area contributed by atoms with Gasteiger partial charge in [-0.1, -0.05) is 5.16 Å². The quantitative estimate of drug-likeness (QED) is 0.685. The molecule has 8 nitrogen and oxygen atoms in total. The molecule has 0 fully saturated rings. The number of pyridine rings is 2. The fourth-order valence-electron chi connectivity index (χ4n) is 3.16. The van der Waals surface area contributed by atoms with E-state index >= 15 is 0 Å². The fourth-order valence-corrected chi connectivity index (χ4v) is 3.16. The molecule has 0 saturated heterocycles. The van der Waals surface area contributed by atoms with Crippen molar-refractivity contribution in [3.05, 3.63) is 47.5 Å². The van der Waals surface area contributed by atoms with Gasteiger partial charge in [0.05, 0.1) is 37.2 Å². The van der Waals surface area contributed by atoms with Gasteiger partial charge < -0.3 is 14.0 Å². The monoisotopic (exact) mass is 366 g/mol. The van der Waals surface area contributed by atoms with Gasteiger partial charge in [-0.3, -0.25) is 14.7 Å². The molecular formula is C19H18N4O4. The maximum Gasteiger partial charge on any atom is 0.262 e. The first-order valence-electron chi connectivity index (χ1n) is 8.52. The molecule has 0 saturated carbocycles. The molecule has 0 unspecified atom stereocenters. The van der Waals surface area contributed by atoms with Crippen LogP contribution in [0, 0.1) is 6.92 Å². The predicted octanol–water partition coefficient (Wildman–Crippen LogP) is 3.01. The summed E-state index contributed by atoms with van der Waals surface area (Å²) in [6.45, 7) is 4.64. The molecule has 1 aliphatic heterocycles. The highest BCUT2D eigenvalue weighted by atomic mass is 16.5. The number of fused-ring (bicyclic) bond motifs is 1. The van der Waals surface area contributed by atoms with Crippen LogP contribution in [0.25, 0.3) is 11.3 Å². The van der Waals surface area contributed by atoms with Gasteiger partial charge in [0.1, 0.15) is 6.26 Å². The van der Waals surface area contributed by atoms with E-state index in [1.807, 2.05) is 26.0 Å². The van der Waals surface area contributed by atoms with Crippen LogP contribution in [0.4, 0.5) is 5.82 Å². The highest BCUT2D eigenvalue weighted by Gasteiger charge is 2.33. The summed E-state index contributed by atoms with van der Waals surface area (Å²) >= 11 is 0. The molecule has 1 amide bonds. The molecule has 0 bridgehead atoms. The summed E-state index contributed by atoms with van der Waals surface area (Å²) in [4.78, 5) is 23.3. The van der Waals surface area contributed by atoms with Gasteiger partial charge in [-0.2, -0.15) is 0 Å². The maximum absolute atomic E-state index is 12.7. The summed E-state index contributed by atoms with van der Waals surface area (Å²) in [6, 6.07) is 5.37. The highest BCUT2D eigenvalue weighted by Crippen LogP contribution is 2.33. The van der Waals surface area contributed by atoms with E-state index in [-0.39, 0.29) is 5.91 Å². The number of anilines is 1. The molecule has 0 radical (unpaired) electrons. The third-order valence-corrected chi connectivity index (χ3v) is 4.37. The van der Waals surface area contributed by atoms with Crippen LogP contribution in [0.2, 0.25) is 0 Å². The minimum atomic E-state index is -0.127. The van der Waals surface area contributed by atoms with E-state index in [1.165, 1.54) is 6.26 Å². The Labute approximate surface area is 155 Å². The SMILES string of the molecule is CCOc1cc(-c2cc(C)c3c(n2)CN(c2ccon2)C3=O)cnc1OC. The van der Waals surface area contributed by atoms with Crippen molar-refractivity contribution in [1.82, 2.24) is 15.1 Å². The van der Waals surface area contributed by atoms with Gasteiger partial charge in [0, 0.05) is 17.8 Å². The standard InChI is InChI=1S/C19H18N4O4/c1-4-26-15-8-12(9-20-18(15)25-3)13-7-11(2)17-14(21-13)10-23(19(17)24)16-5-6-27-22-16/h5-9H,4,10H2,1-3H3. The van der Waals surface area contributed by atoms with Gasteiger partial charge in [-0.05, 0) is 31.5 Å². The average molecular weight is 366 g/mol. The molecule has 27 heavy (non-hydrogen) atoms. The molecule has 4 heterocycles. The largest absolute Gasteiger partial charge is 0.488 e. The van der Waals surface area contributed by atoms with Crippen LogP contribution in [-0.2, 0) is 6.54 Å². The molecule has 0 atom stereocenters. The number of amides is 1. The van der Waals surface area contributed by atoms with Crippen LogP contribution in [0.1, 0.15) is 28.5 Å². The molecular weight excluding hydrogens is 348 g/mol. The van der Waals surface area contributed by atoms with Gasteiger partial charge in [0.25, 0.3) is 11.8 Å². The molecule has 0 spiro atoms. The fraction of sp³-hybridized carbons (Fsp3) is 0.263. The first-order valence-corrected chi connectivity index (χ1v) is 8.52. The van der Waals surface area contributed by atoms with Crippen molar-refractivity contribution in [3.8, 4) is 22.9 Å². The third kappa shape index (κ3) is 2.88. The molecule has 8 heteroatoms. The van der Waals surface area contributed by atoms with Gasteiger partial charge in [0.2, 0.25) is 0 Å². The molecule has 0 N–H and O–H groups in total. The zero-order chi connectivity index (χ0) is 19.0. The van der Waals surface area contributed by atoms with Gasteiger partial charge in [0.15, 0.2) is 11.6 Å². The molecule has 4 rings (SSSR count). The number of hydrogen-bond donors (Lipinski definition) is 0. The number of nitrogens with zero attached hydrogens (tertiary/aromatic N) is 4. The minimum Gasteiger partial charge on any atom is -0.488 e. The molecule has 3 aromatic rings. The van der Waals surface area contributed by atoms with Crippen LogP contribution in [0.3, 0.4) is 0 Å². The van der Waals surface area contributed by atoms with Crippen molar-refractivity contribution in [2.75, 3.05) is 18.6 Å². The Morgan fingerprint density at radius 3 is 2.89 bits per heavy atom. The first kappa shape index (κ1) is 17.0. The number of aryl methyl sites for hydroxylation is 1. The minimum absolute atomic E-state index is 0.127. The second kappa shape index (κ2) is 6.71. The van der Waals surface area contributed by atoms with Crippen molar-refractivity contribution in [2.24, 2.45) is 0 Å². The average Bonchev–Trinajstić information content (AvgIpc) is 3.30. The maximum atomic E-state index is 12.7. The zero-order valence-corrected chi connectivity index (χ0v) is 15.2. The van der Waals surface area contributed by atoms with Crippen LogP contribution in [0.15, 0.2) is 35.2 Å². The van der Waals surface area contributed by atoms with Crippen molar-refractivity contribution >= 4 is 11.7 Å². The number of ether oxygens (including phenoxy) is 2. The van der Waals surface area contributed by atoms with Crippen molar-refractivity contribution in [1.29, 1.82) is 0 Å². The second-order valence-corrected chi connectivity index (χ2v) is 6.06. The number of carbonyl (C=O) groups is 1. The smallest absolute Gasteiger partial charge is 0.262 e. The van der Waals surface area contributed by atoms with Crippen LogP contribution >= 0.6 is 0 Å². The number of aromatic nitrogens is 3. The Balaban J connectivity index is 1.74. The topological polar surface area (TPSA) is 90.6 Å². The summed E-state index contributed by atoms with van der Waals surface area (Å²) in [7, 11) is 1.55. The van der Waals surface area contributed by atoms with E-state index in [2.05, 4.69) is 10.1 Å². The van der Waals surface area contributed by atoms with E-state index in [0.717, 1.165) is 16.8 Å². The summed E-state index contributed by atoms with van der Waals surface area (Å²) in [6.07, 6.45) is 3.12. The summed E-state index contributed by atoms with van der Waals surface area (Å²) < 4.78 is 15.7. The van der Waals surface area contributed by atoms with Crippen LogP contribution in [-0.4, -0.2) is 34.7 Å². The summed E-state index contributed by atoms with van der Waals surface area (Å²) in [5, 5.41) is 3.86. The molecule has 1 aliphatic rings. The third-order valence-electron chi connectivity index (χ3n) is 4.37. The zero-order valence-electron chi connectivity index (χ0n) is 15.2. The number of methoxy groups -OCH3 is 1. The highest BCUT2D eigenvalue weighted by molar-refractivity contribution is 6.10. The Hall–Kier alpha value is -3.42. The van der Waals surface area contributed by atoms with E-state index in [4.69, 9.17) is 19.0 Å². The Morgan fingerprint density at radius 1 is 1.33 bits per heavy atom. The molecule has 0 aliphatic carbocycles. The summed E-state index contributed by atoms with van der Waals surface area (Å²) in [5.74, 6) is 1.32. The van der Waals surface area contributed by atoms with E-state index < -0.39 is 0 Å². The summed E-state index contributed by atoms with van der Waals surface area (Å²) in [5.41, 5.74) is 3.66. The van der Waals surface area contributed by atoms with Crippen molar-refractivity contribution in [2.45, 2.75) is 20.4 Å². The van der Waals surface area contributed by atoms with Gasteiger partial charge >= 0.3 is 0 Å². The Bertz CT molecular complexity index is 1000.